The van der Waals surface area contributed by atoms with E-state index in [0.717, 1.165) is 18.8 Å². The minimum atomic E-state index is -0.333. The largest absolute Gasteiger partial charge is 0.378 e. The summed E-state index contributed by atoms with van der Waals surface area (Å²) in [6, 6.07) is 5.60. The van der Waals surface area contributed by atoms with Crippen LogP contribution in [0.5, 0.6) is 0 Å². The normalized spacial score (nSPS) is 16.8. The van der Waals surface area contributed by atoms with Gasteiger partial charge in [-0.25, -0.2) is 4.39 Å². The zero-order valence-electron chi connectivity index (χ0n) is 10.4. The van der Waals surface area contributed by atoms with Gasteiger partial charge in [0, 0.05) is 30.4 Å². The van der Waals surface area contributed by atoms with Crippen molar-refractivity contribution >= 4 is 5.78 Å². The molecule has 0 aromatic heterocycles. The first-order chi connectivity index (χ1) is 8.66. The molecule has 0 amide bonds. The van der Waals surface area contributed by atoms with Gasteiger partial charge in [-0.1, -0.05) is 0 Å². The first-order valence-corrected chi connectivity index (χ1v) is 5.98. The van der Waals surface area contributed by atoms with Crippen LogP contribution < -0.4 is 0 Å². The molecule has 0 atom stereocenters. The van der Waals surface area contributed by atoms with Gasteiger partial charge < -0.3 is 9.64 Å². The van der Waals surface area contributed by atoms with Crippen molar-refractivity contribution in [1.82, 2.24) is 4.90 Å². The molecule has 1 aliphatic heterocycles. The maximum absolute atomic E-state index is 12.8. The van der Waals surface area contributed by atoms with Crippen molar-refractivity contribution < 1.29 is 13.9 Å². The molecule has 1 aromatic carbocycles. The highest BCUT2D eigenvalue weighted by molar-refractivity contribution is 6.04. The molecule has 18 heavy (non-hydrogen) atoms. The third-order valence-corrected chi connectivity index (χ3v) is 2.98. The van der Waals surface area contributed by atoms with Crippen molar-refractivity contribution in [3.8, 4) is 0 Å². The van der Waals surface area contributed by atoms with Crippen molar-refractivity contribution in [1.29, 1.82) is 0 Å². The van der Waals surface area contributed by atoms with Gasteiger partial charge >= 0.3 is 0 Å². The lowest BCUT2D eigenvalue weighted by molar-refractivity contribution is 0.0534. The van der Waals surface area contributed by atoms with Crippen LogP contribution in [0.25, 0.3) is 0 Å². The summed E-state index contributed by atoms with van der Waals surface area (Å²) in [6.45, 7) is 4.90. The van der Waals surface area contributed by atoms with Crippen molar-refractivity contribution in [3.05, 3.63) is 47.4 Å². The Morgan fingerprint density at radius 1 is 1.28 bits per heavy atom. The predicted octanol–water partition coefficient (Wildman–Crippen LogP) is 2.24. The molecule has 0 saturated carbocycles. The van der Waals surface area contributed by atoms with Crippen LogP contribution in [0.3, 0.4) is 0 Å². The van der Waals surface area contributed by atoms with Crippen LogP contribution in [-0.2, 0) is 4.74 Å². The fourth-order valence-corrected chi connectivity index (χ4v) is 1.89. The number of benzene rings is 1. The van der Waals surface area contributed by atoms with E-state index >= 15 is 0 Å². The fourth-order valence-electron chi connectivity index (χ4n) is 1.89. The lowest BCUT2D eigenvalue weighted by Gasteiger charge is -2.29. The molecule has 0 bridgehead atoms. The summed E-state index contributed by atoms with van der Waals surface area (Å²) in [5.41, 5.74) is 1.43. The van der Waals surface area contributed by atoms with E-state index in [1.807, 2.05) is 6.92 Å². The number of rotatable bonds is 3. The van der Waals surface area contributed by atoms with E-state index in [0.29, 0.717) is 18.8 Å². The number of morpholine rings is 1. The Morgan fingerprint density at radius 3 is 2.50 bits per heavy atom. The van der Waals surface area contributed by atoms with Crippen LogP contribution >= 0.6 is 0 Å². The van der Waals surface area contributed by atoms with Gasteiger partial charge in [0.05, 0.1) is 13.2 Å². The Kier molecular flexibility index (Phi) is 4.10. The second-order valence-corrected chi connectivity index (χ2v) is 4.26. The number of ketones is 1. The van der Waals surface area contributed by atoms with Gasteiger partial charge in [-0.15, -0.1) is 0 Å². The van der Waals surface area contributed by atoms with E-state index in [-0.39, 0.29) is 11.6 Å². The molecule has 1 aromatic rings. The number of carbonyl (C=O) groups is 1. The number of allylic oxidation sites excluding steroid dienone is 2. The molecule has 1 aliphatic rings. The molecule has 1 heterocycles. The average molecular weight is 249 g/mol. The summed E-state index contributed by atoms with van der Waals surface area (Å²) in [7, 11) is 0. The molecule has 2 rings (SSSR count). The molecule has 0 spiro atoms. The number of ether oxygens (including phenoxy) is 1. The molecule has 96 valence electrons. The van der Waals surface area contributed by atoms with Crippen LogP contribution in [0.4, 0.5) is 4.39 Å². The molecule has 0 unspecified atom stereocenters. The first kappa shape index (κ1) is 12.8. The third-order valence-electron chi connectivity index (χ3n) is 2.98. The number of halogens is 1. The van der Waals surface area contributed by atoms with E-state index in [1.165, 1.54) is 24.3 Å². The summed E-state index contributed by atoms with van der Waals surface area (Å²) in [5.74, 6) is -0.431. The van der Waals surface area contributed by atoms with E-state index in [2.05, 4.69) is 4.90 Å². The Bertz CT molecular complexity index is 447. The molecule has 0 radical (unpaired) electrons. The van der Waals surface area contributed by atoms with Crippen LogP contribution in [0, 0.1) is 5.82 Å². The van der Waals surface area contributed by atoms with Crippen LogP contribution in [0.2, 0.25) is 0 Å². The van der Waals surface area contributed by atoms with Crippen LogP contribution in [0.1, 0.15) is 17.3 Å². The average Bonchev–Trinajstić information content (AvgIpc) is 2.40. The highest BCUT2D eigenvalue weighted by Gasteiger charge is 2.12. The topological polar surface area (TPSA) is 29.5 Å². The lowest BCUT2D eigenvalue weighted by Crippen LogP contribution is -2.35. The smallest absolute Gasteiger partial charge is 0.187 e. The molecule has 4 heteroatoms. The van der Waals surface area contributed by atoms with Gasteiger partial charge in [0.25, 0.3) is 0 Å². The zero-order chi connectivity index (χ0) is 13.0. The molecule has 0 N–H and O–H groups in total. The van der Waals surface area contributed by atoms with E-state index < -0.39 is 0 Å². The number of hydrogen-bond donors (Lipinski definition) is 0. The zero-order valence-corrected chi connectivity index (χ0v) is 10.4. The molecule has 1 fully saturated rings. The first-order valence-electron chi connectivity index (χ1n) is 5.98. The maximum Gasteiger partial charge on any atom is 0.187 e. The number of hydrogen-bond acceptors (Lipinski definition) is 3. The highest BCUT2D eigenvalue weighted by atomic mass is 19.1. The standard InChI is InChI=1S/C14H16FNO2/c1-11(16-6-8-18-9-7-16)10-14(17)12-2-4-13(15)5-3-12/h2-5,10H,6-9H2,1H3/b11-10+. The van der Waals surface area contributed by atoms with E-state index in [9.17, 15) is 9.18 Å². The monoisotopic (exact) mass is 249 g/mol. The van der Waals surface area contributed by atoms with Crippen molar-refractivity contribution in [2.45, 2.75) is 6.92 Å². The highest BCUT2D eigenvalue weighted by Crippen LogP contribution is 2.10. The summed E-state index contributed by atoms with van der Waals surface area (Å²) < 4.78 is 18.0. The van der Waals surface area contributed by atoms with Crippen molar-refractivity contribution in [2.24, 2.45) is 0 Å². The molecule has 3 nitrogen and oxygen atoms in total. The Morgan fingerprint density at radius 2 is 1.89 bits per heavy atom. The van der Waals surface area contributed by atoms with Gasteiger partial charge in [0.15, 0.2) is 5.78 Å². The van der Waals surface area contributed by atoms with Gasteiger partial charge in [0.1, 0.15) is 5.82 Å². The number of nitrogens with zero attached hydrogens (tertiary/aromatic N) is 1. The minimum absolute atomic E-state index is 0.0982. The Labute approximate surface area is 106 Å². The fraction of sp³-hybridized carbons (Fsp3) is 0.357. The number of carbonyl (C=O) groups excluding carboxylic acids is 1. The minimum Gasteiger partial charge on any atom is -0.378 e. The molecular formula is C14H16FNO2. The second-order valence-electron chi connectivity index (χ2n) is 4.26. The third kappa shape index (κ3) is 3.17. The van der Waals surface area contributed by atoms with Crippen LogP contribution in [-0.4, -0.2) is 37.0 Å². The Hall–Kier alpha value is -1.68. The van der Waals surface area contributed by atoms with Crippen LogP contribution in [0.15, 0.2) is 36.0 Å². The lowest BCUT2D eigenvalue weighted by atomic mass is 10.1. The molecular weight excluding hydrogens is 233 g/mol. The maximum atomic E-state index is 12.8. The molecule has 1 saturated heterocycles. The van der Waals surface area contributed by atoms with Gasteiger partial charge in [-0.05, 0) is 31.2 Å². The van der Waals surface area contributed by atoms with Gasteiger partial charge in [-0.3, -0.25) is 4.79 Å². The van der Waals surface area contributed by atoms with Gasteiger partial charge in [0.2, 0.25) is 0 Å². The summed E-state index contributed by atoms with van der Waals surface area (Å²) in [5, 5.41) is 0. The van der Waals surface area contributed by atoms with Crippen molar-refractivity contribution in [2.75, 3.05) is 26.3 Å². The van der Waals surface area contributed by atoms with Crippen molar-refractivity contribution in [3.63, 3.8) is 0 Å². The summed E-state index contributed by atoms with van der Waals surface area (Å²) in [4.78, 5) is 14.1. The molecule has 0 aliphatic carbocycles. The van der Waals surface area contributed by atoms with Gasteiger partial charge in [-0.2, -0.15) is 0 Å². The summed E-state index contributed by atoms with van der Waals surface area (Å²) >= 11 is 0. The Balaban J connectivity index is 2.06. The van der Waals surface area contributed by atoms with E-state index in [4.69, 9.17) is 4.74 Å². The quantitative estimate of drug-likeness (QED) is 0.608. The SMILES string of the molecule is C/C(=C\C(=O)c1ccc(F)cc1)N1CCOCC1. The second kappa shape index (κ2) is 5.78. The van der Waals surface area contributed by atoms with E-state index in [1.54, 1.807) is 6.08 Å². The summed E-state index contributed by atoms with van der Waals surface area (Å²) in [6.07, 6.45) is 1.60. The predicted molar refractivity (Wildman–Crippen MR) is 66.9 cm³/mol.